The molecule has 0 saturated carbocycles. The Labute approximate surface area is 92.6 Å². The van der Waals surface area contributed by atoms with Crippen LogP contribution in [0.3, 0.4) is 0 Å². The maximum atomic E-state index is 13.1. The number of carbonyl (C=O) groups is 1. The van der Waals surface area contributed by atoms with E-state index >= 15 is 0 Å². The first-order chi connectivity index (χ1) is 7.23. The molecule has 88 valence electrons. The number of hydrogen-bond donors (Lipinski definition) is 2. The molecule has 1 amide bonds. The lowest BCUT2D eigenvalue weighted by Crippen LogP contribution is -2.28. The molecule has 1 aromatic rings. The average molecular weight is 228 g/mol. The Hall–Kier alpha value is -1.65. The van der Waals surface area contributed by atoms with Gasteiger partial charge in [-0.2, -0.15) is 0 Å². The van der Waals surface area contributed by atoms with Crippen molar-refractivity contribution in [1.29, 1.82) is 0 Å². The van der Waals surface area contributed by atoms with Crippen molar-refractivity contribution >= 4 is 17.3 Å². The molecule has 0 atom stereocenters. The molecule has 0 aliphatic heterocycles. The van der Waals surface area contributed by atoms with Gasteiger partial charge in [-0.3, -0.25) is 4.79 Å². The van der Waals surface area contributed by atoms with Crippen molar-refractivity contribution in [2.45, 2.75) is 20.8 Å². The summed E-state index contributed by atoms with van der Waals surface area (Å²) in [4.78, 5) is 11.6. The molecule has 0 fully saturated rings. The summed E-state index contributed by atoms with van der Waals surface area (Å²) in [5.74, 6) is -2.50. The van der Waals surface area contributed by atoms with Gasteiger partial charge in [-0.05, 0) is 12.1 Å². The Morgan fingerprint density at radius 2 is 1.88 bits per heavy atom. The number of nitrogens with one attached hydrogen (secondary N) is 1. The Balaban J connectivity index is 3.00. The van der Waals surface area contributed by atoms with Gasteiger partial charge in [0, 0.05) is 5.41 Å². The molecule has 16 heavy (non-hydrogen) atoms. The fourth-order valence-electron chi connectivity index (χ4n) is 0.985. The molecule has 3 N–H and O–H groups in total. The lowest BCUT2D eigenvalue weighted by atomic mass is 9.95. The van der Waals surface area contributed by atoms with E-state index in [1.807, 2.05) is 0 Å². The summed E-state index contributed by atoms with van der Waals surface area (Å²) in [5.41, 5.74) is 4.41. The monoisotopic (exact) mass is 228 g/mol. The Bertz CT molecular complexity index is 425. The van der Waals surface area contributed by atoms with Crippen molar-refractivity contribution in [3.8, 4) is 0 Å². The van der Waals surface area contributed by atoms with Crippen LogP contribution in [0.25, 0.3) is 0 Å². The first-order valence-electron chi connectivity index (χ1n) is 4.78. The highest BCUT2D eigenvalue weighted by molar-refractivity contribution is 5.97. The number of nitrogens with two attached hydrogens (primary N) is 1. The second kappa shape index (κ2) is 4.08. The number of carbonyl (C=O) groups excluding carboxylic acids is 1. The molecule has 0 bridgehead atoms. The van der Waals surface area contributed by atoms with Crippen LogP contribution in [0, 0.1) is 17.0 Å². The molecule has 0 unspecified atom stereocenters. The average Bonchev–Trinajstić information content (AvgIpc) is 2.17. The molecule has 1 rings (SSSR count). The fourth-order valence-corrected chi connectivity index (χ4v) is 0.985. The van der Waals surface area contributed by atoms with Gasteiger partial charge in [0.05, 0.1) is 11.4 Å². The second-order valence-electron chi connectivity index (χ2n) is 4.53. The van der Waals surface area contributed by atoms with Crippen molar-refractivity contribution in [3.63, 3.8) is 0 Å². The molecule has 0 radical (unpaired) electrons. The van der Waals surface area contributed by atoms with Gasteiger partial charge in [-0.15, -0.1) is 0 Å². The molecule has 0 heterocycles. The van der Waals surface area contributed by atoms with Gasteiger partial charge in [-0.25, -0.2) is 8.78 Å². The summed E-state index contributed by atoms with van der Waals surface area (Å²) in [7, 11) is 0. The van der Waals surface area contributed by atoms with Gasteiger partial charge in [0.2, 0.25) is 5.91 Å². The van der Waals surface area contributed by atoms with Gasteiger partial charge in [0.1, 0.15) is 0 Å². The second-order valence-corrected chi connectivity index (χ2v) is 4.53. The summed E-state index contributed by atoms with van der Waals surface area (Å²) in [6, 6.07) is 2.15. The van der Waals surface area contributed by atoms with Crippen molar-refractivity contribution in [3.05, 3.63) is 23.8 Å². The zero-order valence-electron chi connectivity index (χ0n) is 9.40. The quantitative estimate of drug-likeness (QED) is 0.726. The third-order valence-corrected chi connectivity index (χ3v) is 2.06. The Kier molecular flexibility index (Phi) is 3.16. The zero-order valence-corrected chi connectivity index (χ0v) is 9.40. The molecule has 0 aliphatic rings. The Morgan fingerprint density at radius 3 is 2.38 bits per heavy atom. The van der Waals surface area contributed by atoms with Gasteiger partial charge in [0.15, 0.2) is 11.6 Å². The predicted molar refractivity (Wildman–Crippen MR) is 58.9 cm³/mol. The van der Waals surface area contributed by atoms with E-state index in [0.29, 0.717) is 0 Å². The summed E-state index contributed by atoms with van der Waals surface area (Å²) in [6.07, 6.45) is 0. The largest absolute Gasteiger partial charge is 0.395 e. The van der Waals surface area contributed by atoms with Crippen LogP contribution in [0.4, 0.5) is 20.2 Å². The van der Waals surface area contributed by atoms with E-state index in [1.54, 1.807) is 20.8 Å². The highest BCUT2D eigenvalue weighted by atomic mass is 19.2. The van der Waals surface area contributed by atoms with E-state index in [-0.39, 0.29) is 11.6 Å². The van der Waals surface area contributed by atoms with Crippen molar-refractivity contribution in [2.75, 3.05) is 11.1 Å². The molecular weight excluding hydrogens is 214 g/mol. The van der Waals surface area contributed by atoms with Crippen LogP contribution in [0.15, 0.2) is 12.1 Å². The molecule has 1 aromatic carbocycles. The normalized spacial score (nSPS) is 11.3. The van der Waals surface area contributed by atoms with E-state index in [0.717, 1.165) is 6.07 Å². The van der Waals surface area contributed by atoms with Gasteiger partial charge in [0.25, 0.3) is 0 Å². The summed E-state index contributed by atoms with van der Waals surface area (Å²) >= 11 is 0. The van der Waals surface area contributed by atoms with E-state index in [1.165, 1.54) is 6.07 Å². The lowest BCUT2D eigenvalue weighted by molar-refractivity contribution is -0.123. The van der Waals surface area contributed by atoms with Gasteiger partial charge < -0.3 is 11.1 Å². The van der Waals surface area contributed by atoms with Crippen molar-refractivity contribution in [2.24, 2.45) is 5.41 Å². The number of benzene rings is 1. The smallest absolute Gasteiger partial charge is 0.229 e. The summed E-state index contributed by atoms with van der Waals surface area (Å²) in [6.45, 7) is 5.12. The number of halogens is 2. The molecule has 0 aromatic heterocycles. The highest BCUT2D eigenvalue weighted by Crippen LogP contribution is 2.25. The van der Waals surface area contributed by atoms with Crippen molar-refractivity contribution < 1.29 is 13.6 Å². The fraction of sp³-hybridized carbons (Fsp3) is 0.364. The first kappa shape index (κ1) is 12.4. The van der Waals surface area contributed by atoms with E-state index in [4.69, 9.17) is 5.73 Å². The van der Waals surface area contributed by atoms with Crippen LogP contribution in [-0.4, -0.2) is 5.91 Å². The first-order valence-corrected chi connectivity index (χ1v) is 4.78. The van der Waals surface area contributed by atoms with E-state index in [2.05, 4.69) is 5.32 Å². The topological polar surface area (TPSA) is 55.1 Å². The SMILES string of the molecule is CC(C)(C)C(=O)Nc1ccc(F)c(F)c1N. The van der Waals surface area contributed by atoms with Gasteiger partial charge >= 0.3 is 0 Å². The van der Waals surface area contributed by atoms with Crippen LogP contribution in [-0.2, 0) is 4.79 Å². The van der Waals surface area contributed by atoms with E-state index < -0.39 is 22.7 Å². The minimum atomic E-state index is -1.15. The van der Waals surface area contributed by atoms with E-state index in [9.17, 15) is 13.6 Å². The zero-order chi connectivity index (χ0) is 12.5. The Morgan fingerprint density at radius 1 is 1.31 bits per heavy atom. The molecule has 3 nitrogen and oxygen atoms in total. The number of rotatable bonds is 1. The van der Waals surface area contributed by atoms with Crippen molar-refractivity contribution in [1.82, 2.24) is 0 Å². The minimum Gasteiger partial charge on any atom is -0.395 e. The maximum absolute atomic E-state index is 13.1. The predicted octanol–water partition coefficient (Wildman–Crippen LogP) is 2.53. The summed E-state index contributed by atoms with van der Waals surface area (Å²) < 4.78 is 25.9. The van der Waals surface area contributed by atoms with Crippen LogP contribution < -0.4 is 11.1 Å². The third kappa shape index (κ3) is 2.48. The summed E-state index contributed by atoms with van der Waals surface area (Å²) in [5, 5.41) is 2.45. The standard InChI is InChI=1S/C11H14F2N2O/c1-11(2,3)10(16)15-7-5-4-6(12)8(13)9(7)14/h4-5H,14H2,1-3H3,(H,15,16). The number of nitrogen functional groups attached to an aromatic ring is 1. The highest BCUT2D eigenvalue weighted by Gasteiger charge is 2.22. The molecular formula is C11H14F2N2O. The molecule has 0 aliphatic carbocycles. The molecule has 0 saturated heterocycles. The molecule has 0 spiro atoms. The van der Waals surface area contributed by atoms with Crippen LogP contribution >= 0.6 is 0 Å². The number of amides is 1. The minimum absolute atomic E-state index is 0.0822. The lowest BCUT2D eigenvalue weighted by Gasteiger charge is -2.18. The third-order valence-electron chi connectivity index (χ3n) is 2.06. The van der Waals surface area contributed by atoms with Crippen LogP contribution in [0.5, 0.6) is 0 Å². The van der Waals surface area contributed by atoms with Crippen LogP contribution in [0.1, 0.15) is 20.8 Å². The number of anilines is 2. The van der Waals surface area contributed by atoms with Gasteiger partial charge in [-0.1, -0.05) is 20.8 Å². The van der Waals surface area contributed by atoms with Crippen LogP contribution in [0.2, 0.25) is 0 Å². The maximum Gasteiger partial charge on any atom is 0.229 e. The molecule has 5 heteroatoms. The number of hydrogen-bond acceptors (Lipinski definition) is 2.